The summed E-state index contributed by atoms with van der Waals surface area (Å²) in [6.45, 7) is 4.98. The van der Waals surface area contributed by atoms with Gasteiger partial charge in [-0.25, -0.2) is 18.1 Å². The lowest BCUT2D eigenvalue weighted by Crippen LogP contribution is -2.28. The van der Waals surface area contributed by atoms with E-state index >= 15 is 0 Å². The molecular formula is C9H14N6O2S. The van der Waals surface area contributed by atoms with Crippen LogP contribution in [0, 0.1) is 13.8 Å². The lowest BCUT2D eigenvalue weighted by atomic mass is 10.3. The maximum absolute atomic E-state index is 12.2. The summed E-state index contributed by atoms with van der Waals surface area (Å²) in [5.74, 6) is 0.456. The molecule has 18 heavy (non-hydrogen) atoms. The van der Waals surface area contributed by atoms with Crippen molar-refractivity contribution in [1.82, 2.24) is 30.1 Å². The molecule has 0 aromatic carbocycles. The number of aryl methyl sites for hydroxylation is 2. The van der Waals surface area contributed by atoms with E-state index in [9.17, 15) is 8.42 Å². The molecule has 2 rings (SSSR count). The van der Waals surface area contributed by atoms with Crippen molar-refractivity contribution in [2.45, 2.75) is 31.7 Å². The Labute approximate surface area is 104 Å². The van der Waals surface area contributed by atoms with E-state index in [-0.39, 0.29) is 4.90 Å². The Hall–Kier alpha value is -1.74. The summed E-state index contributed by atoms with van der Waals surface area (Å²) in [6.07, 6.45) is 1.33. The maximum Gasteiger partial charge on any atom is 0.244 e. The third-order valence-electron chi connectivity index (χ3n) is 2.50. The predicted molar refractivity (Wildman–Crippen MR) is 63.2 cm³/mol. The van der Waals surface area contributed by atoms with Gasteiger partial charge in [0, 0.05) is 0 Å². The summed E-state index contributed by atoms with van der Waals surface area (Å²) in [5, 5.41) is 12.8. The van der Waals surface area contributed by atoms with Gasteiger partial charge >= 0.3 is 0 Å². The zero-order valence-corrected chi connectivity index (χ0v) is 11.0. The van der Waals surface area contributed by atoms with Crippen molar-refractivity contribution in [2.24, 2.45) is 0 Å². The average molecular weight is 270 g/mol. The predicted octanol–water partition coefficient (Wildman–Crippen LogP) is 0.184. The molecule has 0 aliphatic heterocycles. The Morgan fingerprint density at radius 3 is 2.56 bits per heavy atom. The monoisotopic (exact) mass is 270 g/mol. The molecule has 0 bridgehead atoms. The van der Waals surface area contributed by atoms with Crippen molar-refractivity contribution in [1.29, 1.82) is 0 Å². The number of rotatable bonds is 4. The van der Waals surface area contributed by atoms with Crippen molar-refractivity contribution in [3.05, 3.63) is 23.5 Å². The van der Waals surface area contributed by atoms with Gasteiger partial charge in [0.05, 0.1) is 17.4 Å². The van der Waals surface area contributed by atoms with E-state index in [1.165, 1.54) is 6.33 Å². The fraction of sp³-hybridized carbons (Fsp3) is 0.444. The van der Waals surface area contributed by atoms with E-state index in [0.717, 1.165) is 0 Å². The summed E-state index contributed by atoms with van der Waals surface area (Å²) >= 11 is 0. The Bertz CT molecular complexity index is 611. The normalized spacial score (nSPS) is 13.7. The second kappa shape index (κ2) is 4.50. The van der Waals surface area contributed by atoms with E-state index in [4.69, 9.17) is 0 Å². The van der Waals surface area contributed by atoms with Gasteiger partial charge in [0.2, 0.25) is 10.0 Å². The summed E-state index contributed by atoms with van der Waals surface area (Å²) in [4.78, 5) is 4.08. The number of sulfonamides is 1. The van der Waals surface area contributed by atoms with Crippen molar-refractivity contribution in [3.63, 3.8) is 0 Å². The second-order valence-electron chi connectivity index (χ2n) is 3.98. The molecule has 0 aliphatic rings. The minimum atomic E-state index is -3.64. The molecule has 98 valence electrons. The Morgan fingerprint density at radius 2 is 2.06 bits per heavy atom. The minimum absolute atomic E-state index is 0.175. The molecule has 0 saturated carbocycles. The topological polar surface area (TPSA) is 116 Å². The summed E-state index contributed by atoms with van der Waals surface area (Å²) in [6, 6.07) is -0.494. The Morgan fingerprint density at radius 1 is 1.33 bits per heavy atom. The van der Waals surface area contributed by atoms with Crippen molar-refractivity contribution in [2.75, 3.05) is 0 Å². The number of H-pyrrole nitrogens is 2. The molecule has 0 saturated heterocycles. The van der Waals surface area contributed by atoms with Crippen LogP contribution in [-0.2, 0) is 10.0 Å². The summed E-state index contributed by atoms with van der Waals surface area (Å²) in [5.41, 5.74) is 0.939. The average Bonchev–Trinajstić information content (AvgIpc) is 2.87. The fourth-order valence-electron chi connectivity index (χ4n) is 1.71. The standard InChI is InChI=1S/C9H14N6O2S/c1-5-8(6(2)13-12-5)18(16,17)15-7(3)9-10-4-11-14-9/h4,7,15H,1-3H3,(H,12,13)(H,10,11,14). The highest BCUT2D eigenvalue weighted by atomic mass is 32.2. The van der Waals surface area contributed by atoms with Crippen LogP contribution >= 0.6 is 0 Å². The molecule has 3 N–H and O–H groups in total. The third kappa shape index (κ3) is 2.27. The van der Waals surface area contributed by atoms with E-state index in [0.29, 0.717) is 17.2 Å². The van der Waals surface area contributed by atoms with Gasteiger partial charge in [0.15, 0.2) is 0 Å². The van der Waals surface area contributed by atoms with Crippen molar-refractivity contribution in [3.8, 4) is 0 Å². The summed E-state index contributed by atoms with van der Waals surface area (Å²) < 4.78 is 26.9. The van der Waals surface area contributed by atoms with Crippen LogP contribution < -0.4 is 4.72 Å². The fourth-order valence-corrected chi connectivity index (χ4v) is 3.29. The molecule has 0 aliphatic carbocycles. The number of nitrogens with one attached hydrogen (secondary N) is 3. The largest absolute Gasteiger partial charge is 0.281 e. The molecule has 9 heteroatoms. The first kappa shape index (κ1) is 12.7. The maximum atomic E-state index is 12.2. The smallest absolute Gasteiger partial charge is 0.244 e. The van der Waals surface area contributed by atoms with Crippen LogP contribution in [0.4, 0.5) is 0 Å². The SMILES string of the molecule is Cc1n[nH]c(C)c1S(=O)(=O)NC(C)c1ncn[nH]1. The molecule has 1 atom stereocenters. The number of aromatic nitrogens is 5. The summed E-state index contributed by atoms with van der Waals surface area (Å²) in [7, 11) is -3.64. The van der Waals surface area contributed by atoms with Gasteiger partial charge in [-0.05, 0) is 20.8 Å². The van der Waals surface area contributed by atoms with Gasteiger partial charge in [-0.2, -0.15) is 10.2 Å². The van der Waals surface area contributed by atoms with Gasteiger partial charge in [-0.3, -0.25) is 10.2 Å². The number of hydrogen-bond acceptors (Lipinski definition) is 5. The van der Waals surface area contributed by atoms with E-state index in [1.807, 2.05) is 0 Å². The zero-order valence-electron chi connectivity index (χ0n) is 10.2. The first-order chi connectivity index (χ1) is 8.42. The van der Waals surface area contributed by atoms with Gasteiger partial charge in [-0.1, -0.05) is 0 Å². The van der Waals surface area contributed by atoms with E-state index in [2.05, 4.69) is 30.1 Å². The van der Waals surface area contributed by atoms with Crippen LogP contribution in [-0.4, -0.2) is 33.8 Å². The van der Waals surface area contributed by atoms with Crippen molar-refractivity contribution < 1.29 is 8.42 Å². The van der Waals surface area contributed by atoms with Crippen LogP contribution in [0.2, 0.25) is 0 Å². The molecular weight excluding hydrogens is 256 g/mol. The molecule has 2 aromatic rings. The van der Waals surface area contributed by atoms with Gasteiger partial charge < -0.3 is 0 Å². The second-order valence-corrected chi connectivity index (χ2v) is 5.63. The number of nitrogens with zero attached hydrogens (tertiary/aromatic N) is 3. The molecule has 0 fully saturated rings. The Kier molecular flexibility index (Phi) is 3.18. The van der Waals surface area contributed by atoms with Gasteiger partial charge in [0.1, 0.15) is 17.0 Å². The van der Waals surface area contributed by atoms with Crippen LogP contribution in [0.1, 0.15) is 30.2 Å². The third-order valence-corrected chi connectivity index (χ3v) is 4.31. The van der Waals surface area contributed by atoms with Crippen LogP contribution in [0.15, 0.2) is 11.2 Å². The lowest BCUT2D eigenvalue weighted by Gasteiger charge is -2.11. The first-order valence-electron chi connectivity index (χ1n) is 5.31. The highest BCUT2D eigenvalue weighted by Crippen LogP contribution is 2.18. The molecule has 1 unspecified atom stereocenters. The Balaban J connectivity index is 2.28. The van der Waals surface area contributed by atoms with Gasteiger partial charge in [-0.15, -0.1) is 0 Å². The highest BCUT2D eigenvalue weighted by molar-refractivity contribution is 7.89. The molecule has 2 aromatic heterocycles. The van der Waals surface area contributed by atoms with Crippen molar-refractivity contribution >= 4 is 10.0 Å². The molecule has 0 spiro atoms. The van der Waals surface area contributed by atoms with E-state index in [1.54, 1.807) is 20.8 Å². The highest BCUT2D eigenvalue weighted by Gasteiger charge is 2.25. The minimum Gasteiger partial charge on any atom is -0.281 e. The van der Waals surface area contributed by atoms with Crippen LogP contribution in [0.3, 0.4) is 0 Å². The molecule has 0 radical (unpaired) electrons. The van der Waals surface area contributed by atoms with Crippen LogP contribution in [0.25, 0.3) is 0 Å². The van der Waals surface area contributed by atoms with Gasteiger partial charge in [0.25, 0.3) is 0 Å². The quantitative estimate of drug-likeness (QED) is 0.733. The lowest BCUT2D eigenvalue weighted by molar-refractivity contribution is 0.559. The number of hydrogen-bond donors (Lipinski definition) is 3. The van der Waals surface area contributed by atoms with E-state index < -0.39 is 16.1 Å². The first-order valence-corrected chi connectivity index (χ1v) is 6.79. The van der Waals surface area contributed by atoms with Crippen LogP contribution in [0.5, 0.6) is 0 Å². The zero-order chi connectivity index (χ0) is 13.3. The molecule has 2 heterocycles. The molecule has 0 amide bonds. The number of aromatic amines is 2. The molecule has 8 nitrogen and oxygen atoms in total.